The van der Waals surface area contributed by atoms with E-state index >= 15 is 0 Å². The fourth-order valence-electron chi connectivity index (χ4n) is 1.72. The molecule has 0 bridgehead atoms. The maximum absolute atomic E-state index is 11.7. The summed E-state index contributed by atoms with van der Waals surface area (Å²) in [6, 6.07) is 0.156. The van der Waals surface area contributed by atoms with Gasteiger partial charge in [0.15, 0.2) is 0 Å². The van der Waals surface area contributed by atoms with Crippen molar-refractivity contribution in [3.05, 3.63) is 0 Å². The van der Waals surface area contributed by atoms with Crippen LogP contribution in [-0.4, -0.2) is 35.5 Å². The monoisotopic (exact) mass is 227 g/mol. The summed E-state index contributed by atoms with van der Waals surface area (Å²) >= 11 is 0. The van der Waals surface area contributed by atoms with E-state index in [2.05, 4.69) is 0 Å². The average molecular weight is 227 g/mol. The number of rotatable bonds is 2. The molecule has 0 heterocycles. The van der Waals surface area contributed by atoms with Gasteiger partial charge in [-0.2, -0.15) is 0 Å². The van der Waals surface area contributed by atoms with Gasteiger partial charge in [0.2, 0.25) is 0 Å². The summed E-state index contributed by atoms with van der Waals surface area (Å²) in [6.07, 6.45) is 1.23. The van der Waals surface area contributed by atoms with Crippen molar-refractivity contribution < 1.29 is 14.3 Å². The Hall–Kier alpha value is -1.06. The number of carbonyl (C=O) groups is 2. The Kier molecular flexibility index (Phi) is 3.61. The SMILES string of the molecule is CC(=O)C1CC(N(C)C(=O)OC(C)(C)C)C1. The molecule has 0 aliphatic heterocycles. The molecule has 1 aliphatic rings. The molecule has 92 valence electrons. The number of ether oxygens (including phenoxy) is 1. The van der Waals surface area contributed by atoms with Gasteiger partial charge in [0.25, 0.3) is 0 Å². The molecule has 0 unspecified atom stereocenters. The molecule has 1 fully saturated rings. The lowest BCUT2D eigenvalue weighted by atomic mass is 9.77. The van der Waals surface area contributed by atoms with Crippen LogP contribution in [0.15, 0.2) is 0 Å². The summed E-state index contributed by atoms with van der Waals surface area (Å²) < 4.78 is 5.25. The molecular weight excluding hydrogens is 206 g/mol. The second kappa shape index (κ2) is 4.44. The predicted octanol–water partition coefficient (Wildman–Crippen LogP) is 2.22. The summed E-state index contributed by atoms with van der Waals surface area (Å²) in [5.41, 5.74) is -0.463. The summed E-state index contributed by atoms with van der Waals surface area (Å²) in [5.74, 6) is 0.351. The fourth-order valence-corrected chi connectivity index (χ4v) is 1.72. The van der Waals surface area contributed by atoms with E-state index in [1.807, 2.05) is 20.8 Å². The third kappa shape index (κ3) is 3.22. The zero-order valence-corrected chi connectivity index (χ0v) is 10.7. The van der Waals surface area contributed by atoms with Gasteiger partial charge in [0.1, 0.15) is 11.4 Å². The van der Waals surface area contributed by atoms with Crippen LogP contribution >= 0.6 is 0 Å². The lowest BCUT2D eigenvalue weighted by Crippen LogP contribution is -2.48. The number of hydrogen-bond acceptors (Lipinski definition) is 3. The fraction of sp³-hybridized carbons (Fsp3) is 0.833. The molecule has 4 nitrogen and oxygen atoms in total. The Balaban J connectivity index is 2.40. The second-order valence-corrected chi connectivity index (χ2v) is 5.52. The van der Waals surface area contributed by atoms with E-state index in [0.717, 1.165) is 12.8 Å². The lowest BCUT2D eigenvalue weighted by molar-refractivity contribution is -0.125. The van der Waals surface area contributed by atoms with E-state index < -0.39 is 5.60 Å². The highest BCUT2D eigenvalue weighted by molar-refractivity contribution is 5.79. The first-order valence-electron chi connectivity index (χ1n) is 5.67. The van der Waals surface area contributed by atoms with Crippen molar-refractivity contribution in [2.75, 3.05) is 7.05 Å². The van der Waals surface area contributed by atoms with E-state index in [4.69, 9.17) is 4.74 Å². The minimum atomic E-state index is -0.463. The molecule has 0 atom stereocenters. The summed E-state index contributed by atoms with van der Waals surface area (Å²) in [7, 11) is 1.73. The first-order chi connectivity index (χ1) is 7.20. The van der Waals surface area contributed by atoms with Crippen molar-refractivity contribution in [1.82, 2.24) is 4.90 Å². The van der Waals surface area contributed by atoms with Gasteiger partial charge in [-0.3, -0.25) is 4.79 Å². The standard InChI is InChI=1S/C12H21NO3/c1-8(14)9-6-10(7-9)13(5)11(15)16-12(2,3)4/h9-10H,6-7H2,1-5H3. The molecule has 16 heavy (non-hydrogen) atoms. The smallest absolute Gasteiger partial charge is 0.410 e. The van der Waals surface area contributed by atoms with Crippen molar-refractivity contribution >= 4 is 11.9 Å². The number of ketones is 1. The van der Waals surface area contributed by atoms with Gasteiger partial charge >= 0.3 is 6.09 Å². The van der Waals surface area contributed by atoms with E-state index in [-0.39, 0.29) is 23.8 Å². The Morgan fingerprint density at radius 3 is 2.12 bits per heavy atom. The highest BCUT2D eigenvalue weighted by Crippen LogP contribution is 2.32. The van der Waals surface area contributed by atoms with Gasteiger partial charge in [-0.15, -0.1) is 0 Å². The highest BCUT2D eigenvalue weighted by atomic mass is 16.6. The minimum Gasteiger partial charge on any atom is -0.444 e. The second-order valence-electron chi connectivity index (χ2n) is 5.52. The topological polar surface area (TPSA) is 46.6 Å². The van der Waals surface area contributed by atoms with Crippen LogP contribution < -0.4 is 0 Å². The molecule has 0 aromatic carbocycles. The Bertz CT molecular complexity index is 287. The van der Waals surface area contributed by atoms with E-state index in [1.165, 1.54) is 0 Å². The van der Waals surface area contributed by atoms with Crippen molar-refractivity contribution in [3.8, 4) is 0 Å². The van der Waals surface area contributed by atoms with Gasteiger partial charge in [0, 0.05) is 19.0 Å². The molecule has 0 aromatic heterocycles. The van der Waals surface area contributed by atoms with Crippen LogP contribution in [0.3, 0.4) is 0 Å². The molecule has 1 rings (SSSR count). The van der Waals surface area contributed by atoms with Gasteiger partial charge < -0.3 is 9.64 Å². The van der Waals surface area contributed by atoms with Crippen LogP contribution in [0.4, 0.5) is 4.79 Å². The lowest BCUT2D eigenvalue weighted by Gasteiger charge is -2.40. The van der Waals surface area contributed by atoms with E-state index in [9.17, 15) is 9.59 Å². The number of amides is 1. The number of nitrogens with zero attached hydrogens (tertiary/aromatic N) is 1. The molecule has 0 N–H and O–H groups in total. The Morgan fingerprint density at radius 2 is 1.75 bits per heavy atom. The molecule has 0 radical (unpaired) electrons. The van der Waals surface area contributed by atoms with E-state index in [0.29, 0.717) is 0 Å². The quantitative estimate of drug-likeness (QED) is 0.726. The summed E-state index contributed by atoms with van der Waals surface area (Å²) in [4.78, 5) is 24.3. The van der Waals surface area contributed by atoms with Crippen molar-refractivity contribution in [2.24, 2.45) is 5.92 Å². The molecule has 1 amide bonds. The number of hydrogen-bond donors (Lipinski definition) is 0. The van der Waals surface area contributed by atoms with Crippen LogP contribution in [0.1, 0.15) is 40.5 Å². The van der Waals surface area contributed by atoms with Crippen LogP contribution in [0.2, 0.25) is 0 Å². The summed E-state index contributed by atoms with van der Waals surface area (Å²) in [5, 5.41) is 0. The maximum atomic E-state index is 11.7. The van der Waals surface area contributed by atoms with Crippen molar-refractivity contribution in [2.45, 2.75) is 52.2 Å². The van der Waals surface area contributed by atoms with Gasteiger partial charge in [-0.25, -0.2) is 4.79 Å². The Morgan fingerprint density at radius 1 is 1.25 bits per heavy atom. The average Bonchev–Trinajstić information content (AvgIpc) is 1.96. The van der Waals surface area contributed by atoms with Gasteiger partial charge in [-0.05, 0) is 40.5 Å². The molecule has 0 spiro atoms. The molecule has 0 saturated heterocycles. The molecule has 4 heteroatoms. The normalized spacial score (nSPS) is 24.6. The largest absolute Gasteiger partial charge is 0.444 e. The highest BCUT2D eigenvalue weighted by Gasteiger charge is 2.37. The number of Topliss-reactive ketones (excluding diaryl/α,β-unsaturated/α-hetero) is 1. The van der Waals surface area contributed by atoms with Crippen molar-refractivity contribution in [1.29, 1.82) is 0 Å². The molecule has 1 saturated carbocycles. The van der Waals surface area contributed by atoms with Crippen LogP contribution in [0.5, 0.6) is 0 Å². The van der Waals surface area contributed by atoms with Crippen molar-refractivity contribution in [3.63, 3.8) is 0 Å². The van der Waals surface area contributed by atoms with Gasteiger partial charge in [0.05, 0.1) is 0 Å². The van der Waals surface area contributed by atoms with E-state index in [1.54, 1.807) is 18.9 Å². The molecule has 0 aromatic rings. The predicted molar refractivity (Wildman–Crippen MR) is 61.2 cm³/mol. The molecule has 1 aliphatic carbocycles. The van der Waals surface area contributed by atoms with Gasteiger partial charge in [-0.1, -0.05) is 0 Å². The van der Waals surface area contributed by atoms with Crippen LogP contribution in [0.25, 0.3) is 0 Å². The first-order valence-corrected chi connectivity index (χ1v) is 5.67. The van der Waals surface area contributed by atoms with Crippen LogP contribution in [-0.2, 0) is 9.53 Å². The third-order valence-corrected chi connectivity index (χ3v) is 2.92. The molecular formula is C12H21NO3. The Labute approximate surface area is 96.9 Å². The summed E-state index contributed by atoms with van der Waals surface area (Å²) in [6.45, 7) is 7.14. The zero-order valence-electron chi connectivity index (χ0n) is 10.7. The number of carbonyl (C=O) groups excluding carboxylic acids is 2. The minimum absolute atomic E-state index is 0.134. The third-order valence-electron chi connectivity index (χ3n) is 2.92. The van der Waals surface area contributed by atoms with Crippen LogP contribution in [0, 0.1) is 5.92 Å². The maximum Gasteiger partial charge on any atom is 0.410 e. The first kappa shape index (κ1) is 13.0. The zero-order chi connectivity index (χ0) is 12.5.